The number of esters is 1. The van der Waals surface area contributed by atoms with Crippen LogP contribution in [0.3, 0.4) is 0 Å². The molecule has 0 N–H and O–H groups in total. The van der Waals surface area contributed by atoms with Crippen molar-refractivity contribution in [3.63, 3.8) is 0 Å². The average molecular weight is 455 g/mol. The van der Waals surface area contributed by atoms with E-state index in [9.17, 15) is 4.79 Å². The van der Waals surface area contributed by atoms with Gasteiger partial charge in [-0.15, -0.1) is 6.58 Å². The molecule has 0 aromatic heterocycles. The monoisotopic (exact) mass is 454 g/mol. The van der Waals surface area contributed by atoms with Crippen LogP contribution in [-0.4, -0.2) is 20.4 Å². The highest BCUT2D eigenvalue weighted by Crippen LogP contribution is 2.62. The maximum Gasteiger partial charge on any atom is 0.338 e. The molecule has 0 unspecified atom stereocenters. The molecule has 0 amide bonds. The molecular formula is C28H42O3Si. The fraction of sp³-hybridized carbons (Fsp3) is 0.607. The third-order valence-electron chi connectivity index (χ3n) is 8.47. The van der Waals surface area contributed by atoms with E-state index in [1.54, 1.807) is 0 Å². The second-order valence-electron chi connectivity index (χ2n) is 10.6. The molecule has 2 aliphatic rings. The van der Waals surface area contributed by atoms with Crippen molar-refractivity contribution in [2.75, 3.05) is 0 Å². The molecule has 0 saturated heterocycles. The Kier molecular flexibility index (Phi) is 7.43. The van der Waals surface area contributed by atoms with E-state index in [1.165, 1.54) is 11.3 Å². The third kappa shape index (κ3) is 4.48. The van der Waals surface area contributed by atoms with Crippen LogP contribution >= 0.6 is 0 Å². The molecule has 1 spiro atoms. The Hall–Kier alpha value is -1.81. The van der Waals surface area contributed by atoms with Crippen LogP contribution in [0.5, 0.6) is 0 Å². The molecule has 2 aliphatic carbocycles. The van der Waals surface area contributed by atoms with Gasteiger partial charge in [-0.3, -0.25) is 0 Å². The fourth-order valence-corrected chi connectivity index (χ4v) is 9.15. The Morgan fingerprint density at radius 1 is 1.16 bits per heavy atom. The first kappa shape index (κ1) is 24.8. The Bertz CT molecular complexity index is 844. The van der Waals surface area contributed by atoms with Crippen molar-refractivity contribution in [1.29, 1.82) is 0 Å². The van der Waals surface area contributed by atoms with Crippen LogP contribution in [0.1, 0.15) is 77.6 Å². The number of rotatable bonds is 8. The molecule has 3 atom stereocenters. The van der Waals surface area contributed by atoms with Crippen molar-refractivity contribution in [3.05, 3.63) is 59.9 Å². The first-order valence-corrected chi connectivity index (χ1v) is 15.0. The smallest absolute Gasteiger partial charge is 0.338 e. The van der Waals surface area contributed by atoms with Gasteiger partial charge in [-0.2, -0.15) is 0 Å². The first-order chi connectivity index (χ1) is 15.2. The van der Waals surface area contributed by atoms with Crippen LogP contribution in [0.2, 0.25) is 18.1 Å². The zero-order valence-electron chi connectivity index (χ0n) is 21.0. The Balaban J connectivity index is 1.92. The predicted octanol–water partition coefficient (Wildman–Crippen LogP) is 7.91. The first-order valence-electron chi connectivity index (χ1n) is 12.4. The predicted molar refractivity (Wildman–Crippen MR) is 135 cm³/mol. The van der Waals surface area contributed by atoms with E-state index in [2.05, 4.69) is 54.2 Å². The Morgan fingerprint density at radius 3 is 2.31 bits per heavy atom. The number of benzene rings is 1. The second-order valence-corrected chi connectivity index (χ2v) is 15.3. The quantitative estimate of drug-likeness (QED) is 0.227. The standard InChI is InChI=1S/C28H42O3Si/c1-8-24-27(6,7)20-25(30-26(29)22-15-13-12-14-16-22)28(24)18-17-23(21(5)19-28)31-32(9-2,10-3)11-4/h8,12-16,24-25H,1,9-11,17-20H2,2-7H3/t24-,25-,28-/m0/s1. The summed E-state index contributed by atoms with van der Waals surface area (Å²) >= 11 is 0. The molecule has 0 bridgehead atoms. The van der Waals surface area contributed by atoms with E-state index in [-0.39, 0.29) is 22.9 Å². The zero-order valence-corrected chi connectivity index (χ0v) is 22.0. The number of hydrogen-bond donors (Lipinski definition) is 0. The fourth-order valence-electron chi connectivity index (χ4n) is 6.42. The molecule has 1 saturated carbocycles. The maximum absolute atomic E-state index is 13.0. The Morgan fingerprint density at radius 2 is 1.78 bits per heavy atom. The van der Waals surface area contributed by atoms with Crippen molar-refractivity contribution < 1.29 is 14.0 Å². The van der Waals surface area contributed by atoms with Crippen LogP contribution in [0, 0.1) is 16.7 Å². The summed E-state index contributed by atoms with van der Waals surface area (Å²) in [5.41, 5.74) is 1.89. The molecule has 3 nitrogen and oxygen atoms in total. The summed E-state index contributed by atoms with van der Waals surface area (Å²) in [6.45, 7) is 17.9. The highest BCUT2D eigenvalue weighted by atomic mass is 28.4. The number of ether oxygens (including phenoxy) is 1. The van der Waals surface area contributed by atoms with E-state index < -0.39 is 8.32 Å². The highest BCUT2D eigenvalue weighted by molar-refractivity contribution is 6.73. The Labute approximate surface area is 196 Å². The van der Waals surface area contributed by atoms with Crippen molar-refractivity contribution >= 4 is 14.3 Å². The minimum atomic E-state index is -1.70. The van der Waals surface area contributed by atoms with Gasteiger partial charge in [0.05, 0.1) is 11.3 Å². The lowest BCUT2D eigenvalue weighted by molar-refractivity contribution is -0.0204. The number of allylic oxidation sites excluding steroid dienone is 3. The minimum Gasteiger partial charge on any atom is -0.547 e. The van der Waals surface area contributed by atoms with E-state index in [1.807, 2.05) is 30.3 Å². The van der Waals surface area contributed by atoms with Gasteiger partial charge in [-0.1, -0.05) is 58.9 Å². The summed E-state index contributed by atoms with van der Waals surface area (Å²) in [5.74, 6) is 1.30. The normalized spacial score (nSPS) is 27.4. The molecule has 0 aliphatic heterocycles. The van der Waals surface area contributed by atoms with E-state index >= 15 is 0 Å². The van der Waals surface area contributed by atoms with E-state index in [0.717, 1.165) is 43.8 Å². The van der Waals surface area contributed by atoms with Gasteiger partial charge in [-0.05, 0) is 73.4 Å². The van der Waals surface area contributed by atoms with E-state index in [0.29, 0.717) is 11.5 Å². The number of carbonyl (C=O) groups excluding carboxylic acids is 1. The largest absolute Gasteiger partial charge is 0.547 e. The van der Waals surface area contributed by atoms with Gasteiger partial charge in [0.1, 0.15) is 6.10 Å². The van der Waals surface area contributed by atoms with Gasteiger partial charge in [0, 0.05) is 11.8 Å². The van der Waals surface area contributed by atoms with Crippen LogP contribution in [0.4, 0.5) is 0 Å². The molecule has 1 fully saturated rings. The summed E-state index contributed by atoms with van der Waals surface area (Å²) in [6, 6.07) is 12.8. The topological polar surface area (TPSA) is 35.5 Å². The summed E-state index contributed by atoms with van der Waals surface area (Å²) < 4.78 is 13.1. The van der Waals surface area contributed by atoms with Crippen molar-refractivity contribution in [3.8, 4) is 0 Å². The van der Waals surface area contributed by atoms with Crippen molar-refractivity contribution in [2.24, 2.45) is 16.7 Å². The molecule has 1 aromatic rings. The lowest BCUT2D eigenvalue weighted by Gasteiger charge is -2.45. The van der Waals surface area contributed by atoms with Crippen LogP contribution in [0.15, 0.2) is 54.3 Å². The molecule has 0 heterocycles. The van der Waals surface area contributed by atoms with Gasteiger partial charge < -0.3 is 9.16 Å². The van der Waals surface area contributed by atoms with Gasteiger partial charge >= 0.3 is 5.97 Å². The lowest BCUT2D eigenvalue weighted by Crippen LogP contribution is -2.43. The molecule has 4 heteroatoms. The van der Waals surface area contributed by atoms with Gasteiger partial charge in [0.25, 0.3) is 0 Å². The highest BCUT2D eigenvalue weighted by Gasteiger charge is 2.59. The lowest BCUT2D eigenvalue weighted by atomic mass is 9.62. The summed E-state index contributed by atoms with van der Waals surface area (Å²) in [6.07, 6.45) is 5.70. The molecule has 32 heavy (non-hydrogen) atoms. The van der Waals surface area contributed by atoms with Gasteiger partial charge in [0.15, 0.2) is 0 Å². The SMILES string of the molecule is C=C[C@H]1C(C)(C)C[C@H](OC(=O)c2ccccc2)[C@]12CCC(O[Si](CC)(CC)CC)=C(C)C2. The van der Waals surface area contributed by atoms with Crippen LogP contribution < -0.4 is 0 Å². The van der Waals surface area contributed by atoms with Crippen molar-refractivity contribution in [2.45, 2.75) is 91.5 Å². The van der Waals surface area contributed by atoms with Crippen molar-refractivity contribution in [1.82, 2.24) is 0 Å². The summed E-state index contributed by atoms with van der Waals surface area (Å²) in [4.78, 5) is 13.0. The van der Waals surface area contributed by atoms with Crippen LogP contribution in [-0.2, 0) is 9.16 Å². The minimum absolute atomic E-state index is 0.0385. The molecular weight excluding hydrogens is 412 g/mol. The van der Waals surface area contributed by atoms with Gasteiger partial charge in [0.2, 0.25) is 8.32 Å². The average Bonchev–Trinajstić information content (AvgIpc) is 2.99. The number of hydrogen-bond acceptors (Lipinski definition) is 3. The summed E-state index contributed by atoms with van der Waals surface area (Å²) in [5, 5.41) is 0. The third-order valence-corrected chi connectivity index (χ3v) is 13.0. The molecule has 1 aromatic carbocycles. The summed E-state index contributed by atoms with van der Waals surface area (Å²) in [7, 11) is -1.70. The second kappa shape index (κ2) is 9.58. The zero-order chi connectivity index (χ0) is 23.6. The maximum atomic E-state index is 13.0. The molecule has 0 radical (unpaired) electrons. The van der Waals surface area contributed by atoms with E-state index in [4.69, 9.17) is 9.16 Å². The molecule has 3 rings (SSSR count). The number of carbonyl (C=O) groups is 1. The van der Waals surface area contributed by atoms with Crippen LogP contribution in [0.25, 0.3) is 0 Å². The van der Waals surface area contributed by atoms with Gasteiger partial charge in [-0.25, -0.2) is 4.79 Å². The molecule has 176 valence electrons.